The average Bonchev–Trinajstić information content (AvgIpc) is 3.04. The van der Waals surface area contributed by atoms with Crippen LogP contribution in [0, 0.1) is 19.8 Å². The summed E-state index contributed by atoms with van der Waals surface area (Å²) in [4.78, 5) is 26.1. The Morgan fingerprint density at radius 1 is 1.27 bits per heavy atom. The van der Waals surface area contributed by atoms with Crippen molar-refractivity contribution in [2.24, 2.45) is 5.92 Å². The number of hydrogen-bond donors (Lipinski definition) is 2. The lowest BCUT2D eigenvalue weighted by Crippen LogP contribution is -2.43. The number of fused-ring (bicyclic) bond motifs is 1. The number of hydrogen-bond acceptors (Lipinski definition) is 4. The molecule has 26 heavy (non-hydrogen) atoms. The van der Waals surface area contributed by atoms with E-state index in [1.54, 1.807) is 0 Å². The maximum absolute atomic E-state index is 12.3. The van der Waals surface area contributed by atoms with Crippen LogP contribution in [0.1, 0.15) is 44.6 Å². The van der Waals surface area contributed by atoms with Crippen LogP contribution in [-0.4, -0.2) is 18.4 Å². The summed E-state index contributed by atoms with van der Waals surface area (Å²) in [6.45, 7) is 6.02. The highest BCUT2D eigenvalue weighted by molar-refractivity contribution is 7.14. The third-order valence-electron chi connectivity index (χ3n) is 4.78. The van der Waals surface area contributed by atoms with E-state index in [1.807, 2.05) is 38.1 Å². The van der Waals surface area contributed by atoms with E-state index in [0.29, 0.717) is 16.5 Å². The molecular weight excluding hydrogens is 348 g/mol. The number of aryl methyl sites for hydroxylation is 2. The minimum Gasteiger partial charge on any atom is -0.483 e. The van der Waals surface area contributed by atoms with Gasteiger partial charge in [0, 0.05) is 4.88 Å². The first-order valence-electron chi connectivity index (χ1n) is 8.84. The third-order valence-corrected chi connectivity index (χ3v) is 6.02. The molecule has 2 aromatic rings. The van der Waals surface area contributed by atoms with Crippen LogP contribution in [0.5, 0.6) is 5.75 Å². The molecular formula is C20H24N2O3S. The van der Waals surface area contributed by atoms with Gasteiger partial charge in [-0.05, 0) is 67.9 Å². The fourth-order valence-electron chi connectivity index (χ4n) is 3.07. The fourth-order valence-corrected chi connectivity index (χ4v) is 4.17. The molecule has 0 radical (unpaired) electrons. The Hall–Kier alpha value is -2.34. The van der Waals surface area contributed by atoms with E-state index < -0.39 is 5.91 Å². The molecule has 1 aromatic heterocycles. The summed E-state index contributed by atoms with van der Waals surface area (Å²) in [5, 5.41) is 0. The molecule has 0 spiro atoms. The van der Waals surface area contributed by atoms with Crippen LogP contribution in [-0.2, 0) is 17.6 Å². The van der Waals surface area contributed by atoms with Gasteiger partial charge in [0.05, 0.1) is 4.88 Å². The fraction of sp³-hybridized carbons (Fsp3) is 0.400. The summed E-state index contributed by atoms with van der Waals surface area (Å²) in [7, 11) is 0. The number of carbonyl (C=O) groups excluding carboxylic acids is 2. The summed E-state index contributed by atoms with van der Waals surface area (Å²) < 4.78 is 5.53. The number of ether oxygens (including phenoxy) is 1. The van der Waals surface area contributed by atoms with Crippen LogP contribution >= 0.6 is 11.3 Å². The van der Waals surface area contributed by atoms with Crippen LogP contribution < -0.4 is 15.6 Å². The molecule has 1 aliphatic carbocycles. The molecule has 0 saturated heterocycles. The number of carbonyl (C=O) groups is 2. The Morgan fingerprint density at radius 3 is 2.88 bits per heavy atom. The van der Waals surface area contributed by atoms with Gasteiger partial charge in [-0.1, -0.05) is 19.1 Å². The molecule has 138 valence electrons. The quantitative estimate of drug-likeness (QED) is 0.809. The first kappa shape index (κ1) is 18.5. The number of thiophene rings is 1. The van der Waals surface area contributed by atoms with Gasteiger partial charge < -0.3 is 4.74 Å². The maximum atomic E-state index is 12.3. The molecule has 1 aliphatic rings. The molecule has 0 unspecified atom stereocenters. The number of rotatable bonds is 4. The van der Waals surface area contributed by atoms with Gasteiger partial charge in [0.1, 0.15) is 5.75 Å². The van der Waals surface area contributed by atoms with Crippen LogP contribution in [0.3, 0.4) is 0 Å². The van der Waals surface area contributed by atoms with E-state index >= 15 is 0 Å². The van der Waals surface area contributed by atoms with E-state index in [9.17, 15) is 9.59 Å². The predicted molar refractivity (Wildman–Crippen MR) is 103 cm³/mol. The minimum absolute atomic E-state index is 0.150. The van der Waals surface area contributed by atoms with Gasteiger partial charge in [0.25, 0.3) is 11.8 Å². The lowest BCUT2D eigenvalue weighted by Gasteiger charge is -2.16. The Balaban J connectivity index is 1.50. The summed E-state index contributed by atoms with van der Waals surface area (Å²) in [6, 6.07) is 7.65. The summed E-state index contributed by atoms with van der Waals surface area (Å²) in [5.41, 5.74) is 8.26. The zero-order chi connectivity index (χ0) is 18.7. The molecule has 0 aliphatic heterocycles. The minimum atomic E-state index is -0.394. The molecule has 0 fully saturated rings. The van der Waals surface area contributed by atoms with Crippen LogP contribution in [0.15, 0.2) is 24.3 Å². The second kappa shape index (κ2) is 7.91. The Labute approximate surface area is 157 Å². The van der Waals surface area contributed by atoms with Crippen molar-refractivity contribution in [2.75, 3.05) is 6.61 Å². The molecule has 0 saturated carbocycles. The van der Waals surface area contributed by atoms with Gasteiger partial charge in [0.15, 0.2) is 6.61 Å². The monoisotopic (exact) mass is 372 g/mol. The van der Waals surface area contributed by atoms with Crippen LogP contribution in [0.25, 0.3) is 0 Å². The first-order chi connectivity index (χ1) is 12.4. The first-order valence-corrected chi connectivity index (χ1v) is 9.65. The average molecular weight is 372 g/mol. The SMILES string of the molecule is Cc1cccc(OCC(=O)NNC(=O)c2cc3c(s2)CC[C@@H](C)C3)c1C. The highest BCUT2D eigenvalue weighted by Crippen LogP contribution is 2.32. The van der Waals surface area contributed by atoms with Crippen molar-refractivity contribution in [3.63, 3.8) is 0 Å². The predicted octanol–water partition coefficient (Wildman–Crippen LogP) is 3.33. The summed E-state index contributed by atoms with van der Waals surface area (Å²) in [6.07, 6.45) is 3.22. The molecule has 2 amide bonds. The van der Waals surface area contributed by atoms with Crippen molar-refractivity contribution in [1.29, 1.82) is 0 Å². The highest BCUT2D eigenvalue weighted by Gasteiger charge is 2.20. The lowest BCUT2D eigenvalue weighted by molar-refractivity contribution is -0.123. The van der Waals surface area contributed by atoms with Gasteiger partial charge in [-0.25, -0.2) is 0 Å². The van der Waals surface area contributed by atoms with Crippen molar-refractivity contribution in [3.05, 3.63) is 50.7 Å². The van der Waals surface area contributed by atoms with Crippen molar-refractivity contribution < 1.29 is 14.3 Å². The van der Waals surface area contributed by atoms with Crippen molar-refractivity contribution >= 4 is 23.2 Å². The van der Waals surface area contributed by atoms with Crippen LogP contribution in [0.4, 0.5) is 0 Å². The van der Waals surface area contributed by atoms with Crippen LogP contribution in [0.2, 0.25) is 0 Å². The zero-order valence-corrected chi connectivity index (χ0v) is 16.2. The molecule has 1 aromatic carbocycles. The van der Waals surface area contributed by atoms with E-state index in [4.69, 9.17) is 4.74 Å². The summed E-state index contributed by atoms with van der Waals surface area (Å²) in [5.74, 6) is 0.660. The highest BCUT2D eigenvalue weighted by atomic mass is 32.1. The van der Waals surface area contributed by atoms with Crippen molar-refractivity contribution in [2.45, 2.75) is 40.0 Å². The van der Waals surface area contributed by atoms with Gasteiger partial charge in [-0.15, -0.1) is 11.3 Å². The second-order valence-corrected chi connectivity index (χ2v) is 8.03. The lowest BCUT2D eigenvalue weighted by atomic mass is 9.90. The van der Waals surface area contributed by atoms with Gasteiger partial charge in [0.2, 0.25) is 0 Å². The number of benzene rings is 1. The number of hydrazine groups is 1. The van der Waals surface area contributed by atoms with Crippen molar-refractivity contribution in [1.82, 2.24) is 10.9 Å². The van der Waals surface area contributed by atoms with E-state index in [-0.39, 0.29) is 12.5 Å². The van der Waals surface area contributed by atoms with E-state index in [2.05, 4.69) is 17.8 Å². The smallest absolute Gasteiger partial charge is 0.279 e. The summed E-state index contributed by atoms with van der Waals surface area (Å²) >= 11 is 1.52. The third kappa shape index (κ3) is 4.25. The standard InChI is InChI=1S/C20H24N2O3S/c1-12-7-8-17-15(9-12)10-18(26-17)20(24)22-21-19(23)11-25-16-6-4-5-13(2)14(16)3/h4-6,10,12H,7-9,11H2,1-3H3,(H,21,23)(H,22,24)/t12-/m1/s1. The normalized spacial score (nSPS) is 15.9. The number of amides is 2. The molecule has 1 atom stereocenters. The molecule has 6 heteroatoms. The Bertz CT molecular complexity index is 828. The van der Waals surface area contributed by atoms with E-state index in [1.165, 1.54) is 28.2 Å². The topological polar surface area (TPSA) is 67.4 Å². The van der Waals surface area contributed by atoms with E-state index in [0.717, 1.165) is 24.0 Å². The number of nitrogens with one attached hydrogen (secondary N) is 2. The molecule has 1 heterocycles. The Morgan fingerprint density at radius 2 is 2.08 bits per heavy atom. The molecule has 2 N–H and O–H groups in total. The van der Waals surface area contributed by atoms with Gasteiger partial charge in [-0.2, -0.15) is 0 Å². The molecule has 5 nitrogen and oxygen atoms in total. The largest absolute Gasteiger partial charge is 0.483 e. The van der Waals surface area contributed by atoms with Crippen molar-refractivity contribution in [3.8, 4) is 5.75 Å². The molecule has 0 bridgehead atoms. The van der Waals surface area contributed by atoms with Gasteiger partial charge in [-0.3, -0.25) is 20.4 Å². The zero-order valence-electron chi connectivity index (χ0n) is 15.3. The molecule has 3 rings (SSSR count). The maximum Gasteiger partial charge on any atom is 0.279 e. The van der Waals surface area contributed by atoms with Gasteiger partial charge >= 0.3 is 0 Å². The second-order valence-electron chi connectivity index (χ2n) is 6.90. The Kier molecular flexibility index (Phi) is 5.61.